The van der Waals surface area contributed by atoms with Crippen LogP contribution in [0.5, 0.6) is 0 Å². The van der Waals surface area contributed by atoms with Crippen molar-refractivity contribution in [3.63, 3.8) is 0 Å². The van der Waals surface area contributed by atoms with E-state index in [1.165, 1.54) is 0 Å². The molecule has 1 aliphatic rings. The summed E-state index contributed by atoms with van der Waals surface area (Å²) in [4.78, 5) is 18.6. The molecule has 1 fully saturated rings. The smallest absolute Gasteiger partial charge is 0.251 e. The zero-order valence-electron chi connectivity index (χ0n) is 13.9. The number of methoxy groups -OCH3 is 1. The van der Waals surface area contributed by atoms with Crippen LogP contribution in [0.15, 0.2) is 48.8 Å². The Bertz CT molecular complexity index is 650. The SMILES string of the molecule is COC1CCN(c2ccc(C(=O)NCc3cccnc3)cc2)CC1. The predicted octanol–water partition coefficient (Wildman–Crippen LogP) is 2.63. The lowest BCUT2D eigenvalue weighted by Gasteiger charge is -2.33. The van der Waals surface area contributed by atoms with Gasteiger partial charge in [-0.05, 0) is 48.7 Å². The first kappa shape index (κ1) is 16.5. The Morgan fingerprint density at radius 3 is 2.62 bits per heavy atom. The molecule has 0 bridgehead atoms. The molecule has 0 atom stereocenters. The van der Waals surface area contributed by atoms with Gasteiger partial charge in [0.05, 0.1) is 6.10 Å². The molecule has 0 radical (unpaired) electrons. The standard InChI is InChI=1S/C19H23N3O2/c1-24-18-8-11-22(12-9-18)17-6-4-16(5-7-17)19(23)21-14-15-3-2-10-20-13-15/h2-7,10,13,18H,8-9,11-12,14H2,1H3,(H,21,23). The highest BCUT2D eigenvalue weighted by molar-refractivity contribution is 5.94. The zero-order chi connectivity index (χ0) is 16.8. The van der Waals surface area contributed by atoms with E-state index in [0.717, 1.165) is 37.2 Å². The van der Waals surface area contributed by atoms with E-state index in [0.29, 0.717) is 18.2 Å². The molecule has 0 saturated carbocycles. The minimum absolute atomic E-state index is 0.0662. The minimum Gasteiger partial charge on any atom is -0.381 e. The number of hydrogen-bond acceptors (Lipinski definition) is 4. The number of amides is 1. The zero-order valence-corrected chi connectivity index (χ0v) is 13.9. The number of nitrogens with zero attached hydrogens (tertiary/aromatic N) is 2. The van der Waals surface area contributed by atoms with Crippen molar-refractivity contribution in [1.29, 1.82) is 0 Å². The maximum absolute atomic E-state index is 12.2. The minimum atomic E-state index is -0.0662. The summed E-state index contributed by atoms with van der Waals surface area (Å²) in [6, 6.07) is 11.6. The largest absolute Gasteiger partial charge is 0.381 e. The summed E-state index contributed by atoms with van der Waals surface area (Å²) < 4.78 is 5.41. The average molecular weight is 325 g/mol. The molecule has 1 N–H and O–H groups in total. The number of piperidine rings is 1. The number of carbonyl (C=O) groups is 1. The third-order valence-electron chi connectivity index (χ3n) is 4.45. The van der Waals surface area contributed by atoms with Crippen LogP contribution in [0.3, 0.4) is 0 Å². The van der Waals surface area contributed by atoms with E-state index in [1.54, 1.807) is 19.5 Å². The molecule has 1 saturated heterocycles. The fourth-order valence-corrected chi connectivity index (χ4v) is 2.96. The van der Waals surface area contributed by atoms with E-state index >= 15 is 0 Å². The highest BCUT2D eigenvalue weighted by Gasteiger charge is 2.19. The van der Waals surface area contributed by atoms with Gasteiger partial charge in [0.1, 0.15) is 0 Å². The van der Waals surface area contributed by atoms with Gasteiger partial charge in [-0.2, -0.15) is 0 Å². The molecular weight excluding hydrogens is 302 g/mol. The van der Waals surface area contributed by atoms with Crippen LogP contribution < -0.4 is 10.2 Å². The second-order valence-corrected chi connectivity index (χ2v) is 6.01. The van der Waals surface area contributed by atoms with Crippen molar-refractivity contribution >= 4 is 11.6 Å². The molecule has 1 aromatic carbocycles. The van der Waals surface area contributed by atoms with Crippen molar-refractivity contribution in [2.45, 2.75) is 25.5 Å². The number of hydrogen-bond donors (Lipinski definition) is 1. The molecule has 24 heavy (non-hydrogen) atoms. The van der Waals surface area contributed by atoms with Gasteiger partial charge in [-0.15, -0.1) is 0 Å². The van der Waals surface area contributed by atoms with Crippen LogP contribution in [-0.4, -0.2) is 37.2 Å². The topological polar surface area (TPSA) is 54.5 Å². The van der Waals surface area contributed by atoms with E-state index in [1.807, 2.05) is 36.4 Å². The second-order valence-electron chi connectivity index (χ2n) is 6.01. The molecule has 5 heteroatoms. The van der Waals surface area contributed by atoms with Crippen LogP contribution in [0, 0.1) is 0 Å². The van der Waals surface area contributed by atoms with Crippen molar-refractivity contribution in [1.82, 2.24) is 10.3 Å². The monoisotopic (exact) mass is 325 g/mol. The number of carbonyl (C=O) groups excluding carboxylic acids is 1. The molecule has 5 nitrogen and oxygen atoms in total. The molecule has 2 aromatic rings. The number of anilines is 1. The van der Waals surface area contributed by atoms with E-state index in [-0.39, 0.29) is 5.91 Å². The number of nitrogens with one attached hydrogen (secondary N) is 1. The summed E-state index contributed by atoms with van der Waals surface area (Å²) in [6.45, 7) is 2.47. The molecule has 1 amide bonds. The summed E-state index contributed by atoms with van der Waals surface area (Å²) in [7, 11) is 1.78. The molecular formula is C19H23N3O2. The number of aromatic nitrogens is 1. The summed E-state index contributed by atoms with van der Waals surface area (Å²) >= 11 is 0. The Morgan fingerprint density at radius 1 is 1.25 bits per heavy atom. The van der Waals surface area contributed by atoms with E-state index in [4.69, 9.17) is 4.74 Å². The van der Waals surface area contributed by atoms with Crippen molar-refractivity contribution in [3.05, 3.63) is 59.9 Å². The maximum Gasteiger partial charge on any atom is 0.251 e. The van der Waals surface area contributed by atoms with Crippen molar-refractivity contribution in [2.75, 3.05) is 25.1 Å². The molecule has 0 spiro atoms. The molecule has 2 heterocycles. The van der Waals surface area contributed by atoms with Gasteiger partial charge in [0, 0.05) is 50.4 Å². The third-order valence-corrected chi connectivity index (χ3v) is 4.45. The van der Waals surface area contributed by atoms with Gasteiger partial charge >= 0.3 is 0 Å². The number of benzene rings is 1. The Labute approximate surface area is 142 Å². The third kappa shape index (κ3) is 4.11. The average Bonchev–Trinajstić information content (AvgIpc) is 2.67. The van der Waals surface area contributed by atoms with Crippen LogP contribution in [0.25, 0.3) is 0 Å². The number of ether oxygens (including phenoxy) is 1. The molecule has 0 unspecified atom stereocenters. The fraction of sp³-hybridized carbons (Fsp3) is 0.368. The van der Waals surface area contributed by atoms with Crippen LogP contribution in [0.2, 0.25) is 0 Å². The van der Waals surface area contributed by atoms with Crippen molar-refractivity contribution in [3.8, 4) is 0 Å². The Balaban J connectivity index is 1.55. The maximum atomic E-state index is 12.2. The molecule has 126 valence electrons. The Morgan fingerprint density at radius 2 is 2.00 bits per heavy atom. The van der Waals surface area contributed by atoms with Crippen LogP contribution >= 0.6 is 0 Å². The first-order chi connectivity index (χ1) is 11.8. The lowest BCUT2D eigenvalue weighted by molar-refractivity contribution is 0.0819. The van der Waals surface area contributed by atoms with Gasteiger partial charge < -0.3 is 15.0 Å². The van der Waals surface area contributed by atoms with Gasteiger partial charge in [0.15, 0.2) is 0 Å². The predicted molar refractivity (Wildman–Crippen MR) is 94.1 cm³/mol. The summed E-state index contributed by atoms with van der Waals surface area (Å²) in [5.41, 5.74) is 2.83. The van der Waals surface area contributed by atoms with Crippen LogP contribution in [-0.2, 0) is 11.3 Å². The van der Waals surface area contributed by atoms with E-state index < -0.39 is 0 Å². The first-order valence-electron chi connectivity index (χ1n) is 8.31. The molecule has 0 aliphatic carbocycles. The summed E-state index contributed by atoms with van der Waals surface area (Å²) in [5, 5.41) is 2.92. The van der Waals surface area contributed by atoms with E-state index in [9.17, 15) is 4.79 Å². The fourth-order valence-electron chi connectivity index (χ4n) is 2.96. The normalized spacial score (nSPS) is 15.3. The number of pyridine rings is 1. The van der Waals surface area contributed by atoms with Gasteiger partial charge in [0.25, 0.3) is 5.91 Å². The molecule has 1 aliphatic heterocycles. The number of rotatable bonds is 5. The highest BCUT2D eigenvalue weighted by Crippen LogP contribution is 2.21. The summed E-state index contributed by atoms with van der Waals surface area (Å²) in [5.74, 6) is -0.0662. The lowest BCUT2D eigenvalue weighted by Crippen LogP contribution is -2.36. The first-order valence-corrected chi connectivity index (χ1v) is 8.31. The summed E-state index contributed by atoms with van der Waals surface area (Å²) in [6.07, 6.45) is 5.94. The molecule has 3 rings (SSSR count). The Kier molecular flexibility index (Phi) is 5.43. The van der Waals surface area contributed by atoms with Gasteiger partial charge in [-0.25, -0.2) is 0 Å². The molecule has 1 aromatic heterocycles. The van der Waals surface area contributed by atoms with Crippen molar-refractivity contribution in [2.24, 2.45) is 0 Å². The lowest BCUT2D eigenvalue weighted by atomic mass is 10.1. The Hall–Kier alpha value is -2.40. The highest BCUT2D eigenvalue weighted by atomic mass is 16.5. The van der Waals surface area contributed by atoms with Crippen LogP contribution in [0.4, 0.5) is 5.69 Å². The quantitative estimate of drug-likeness (QED) is 0.918. The van der Waals surface area contributed by atoms with Crippen molar-refractivity contribution < 1.29 is 9.53 Å². The van der Waals surface area contributed by atoms with Gasteiger partial charge in [0.2, 0.25) is 0 Å². The van der Waals surface area contributed by atoms with Gasteiger partial charge in [-0.1, -0.05) is 6.07 Å². The second kappa shape index (κ2) is 7.93. The van der Waals surface area contributed by atoms with Gasteiger partial charge in [-0.3, -0.25) is 9.78 Å². The van der Waals surface area contributed by atoms with Crippen LogP contribution in [0.1, 0.15) is 28.8 Å². The van der Waals surface area contributed by atoms with E-state index in [2.05, 4.69) is 15.2 Å².